The standard InChI is InChI=1S/C29H49NO/c1-19(2)8-7-9-20(3)25-12-13-26-24-11-10-22-18-23(30-21(4)31)14-16-28(22,5)27(24)15-17-29(25,26)6/h10,19-20,23-27H,7-9,11-18H2,1-6H3,(H,30,31)/t20-,23-,24?,25-,26?,27?,28+,29-/m1/s1. The van der Waals surface area contributed by atoms with Crippen LogP contribution in [0.2, 0.25) is 0 Å². The van der Waals surface area contributed by atoms with Gasteiger partial charge in [-0.3, -0.25) is 4.79 Å². The molecule has 0 aromatic carbocycles. The van der Waals surface area contributed by atoms with Crippen LogP contribution in [0.5, 0.6) is 0 Å². The number of allylic oxidation sites excluding steroid dienone is 1. The summed E-state index contributed by atoms with van der Waals surface area (Å²) in [6.45, 7) is 14.3. The SMILES string of the molecule is CC(=O)N[C@@H]1CC[C@@]2(C)C(=CCC3C2CC[C@@]2(C)C3CC[C@@H]2[C@H](C)CCCC(C)C)C1. The third-order valence-corrected chi connectivity index (χ3v) is 10.7. The zero-order valence-electron chi connectivity index (χ0n) is 21.3. The first-order valence-electron chi connectivity index (χ1n) is 13.6. The first-order valence-corrected chi connectivity index (χ1v) is 13.6. The molecule has 0 saturated heterocycles. The lowest BCUT2D eigenvalue weighted by Gasteiger charge is -2.58. The van der Waals surface area contributed by atoms with E-state index in [4.69, 9.17) is 0 Å². The molecule has 4 aliphatic carbocycles. The Morgan fingerprint density at radius 1 is 1.06 bits per heavy atom. The van der Waals surface area contributed by atoms with Gasteiger partial charge in [-0.15, -0.1) is 0 Å². The van der Waals surface area contributed by atoms with Gasteiger partial charge in [-0.2, -0.15) is 0 Å². The minimum Gasteiger partial charge on any atom is -0.353 e. The Hall–Kier alpha value is -0.790. The fraction of sp³-hybridized carbons (Fsp3) is 0.897. The number of hydrogen-bond acceptors (Lipinski definition) is 1. The summed E-state index contributed by atoms with van der Waals surface area (Å²) in [4.78, 5) is 11.6. The summed E-state index contributed by atoms with van der Waals surface area (Å²) in [7, 11) is 0. The van der Waals surface area contributed by atoms with Crippen LogP contribution in [0.25, 0.3) is 0 Å². The molecule has 4 rings (SSSR count). The number of carbonyl (C=O) groups is 1. The second kappa shape index (κ2) is 8.86. The van der Waals surface area contributed by atoms with Gasteiger partial charge in [-0.1, -0.05) is 65.5 Å². The highest BCUT2D eigenvalue weighted by molar-refractivity contribution is 5.73. The van der Waals surface area contributed by atoms with Gasteiger partial charge in [0.05, 0.1) is 0 Å². The lowest BCUT2D eigenvalue weighted by molar-refractivity contribution is -0.120. The average molecular weight is 428 g/mol. The number of hydrogen-bond donors (Lipinski definition) is 1. The molecule has 0 aromatic rings. The second-order valence-electron chi connectivity index (χ2n) is 12.9. The number of fused-ring (bicyclic) bond motifs is 5. The molecule has 4 aliphatic rings. The molecule has 0 bridgehead atoms. The van der Waals surface area contributed by atoms with Gasteiger partial charge >= 0.3 is 0 Å². The Balaban J connectivity index is 1.47. The minimum atomic E-state index is 0.135. The molecule has 0 heterocycles. The molecule has 8 atom stereocenters. The van der Waals surface area contributed by atoms with E-state index < -0.39 is 0 Å². The molecule has 0 aromatic heterocycles. The van der Waals surface area contributed by atoms with Crippen molar-refractivity contribution in [3.63, 3.8) is 0 Å². The van der Waals surface area contributed by atoms with Crippen molar-refractivity contribution in [2.24, 2.45) is 46.3 Å². The van der Waals surface area contributed by atoms with Gasteiger partial charge in [0.1, 0.15) is 0 Å². The molecule has 3 saturated carbocycles. The normalized spacial score (nSPS) is 42.9. The maximum absolute atomic E-state index is 11.6. The van der Waals surface area contributed by atoms with E-state index in [9.17, 15) is 4.79 Å². The number of nitrogens with one attached hydrogen (secondary N) is 1. The van der Waals surface area contributed by atoms with E-state index in [1.165, 1.54) is 57.8 Å². The maximum atomic E-state index is 11.6. The highest BCUT2D eigenvalue weighted by atomic mass is 16.1. The molecule has 1 amide bonds. The summed E-state index contributed by atoms with van der Waals surface area (Å²) < 4.78 is 0. The topological polar surface area (TPSA) is 29.1 Å². The van der Waals surface area contributed by atoms with E-state index in [0.717, 1.165) is 48.3 Å². The molecule has 176 valence electrons. The van der Waals surface area contributed by atoms with Gasteiger partial charge in [-0.05, 0) is 97.7 Å². The van der Waals surface area contributed by atoms with Crippen LogP contribution in [0.1, 0.15) is 112 Å². The largest absolute Gasteiger partial charge is 0.353 e. The minimum absolute atomic E-state index is 0.135. The third-order valence-electron chi connectivity index (χ3n) is 10.7. The van der Waals surface area contributed by atoms with E-state index >= 15 is 0 Å². The van der Waals surface area contributed by atoms with Crippen LogP contribution >= 0.6 is 0 Å². The van der Waals surface area contributed by atoms with Crippen molar-refractivity contribution in [1.82, 2.24) is 5.32 Å². The van der Waals surface area contributed by atoms with Crippen LogP contribution in [0.3, 0.4) is 0 Å². The Bertz CT molecular complexity index is 695. The predicted molar refractivity (Wildman–Crippen MR) is 131 cm³/mol. The summed E-state index contributed by atoms with van der Waals surface area (Å²) >= 11 is 0. The van der Waals surface area contributed by atoms with Gasteiger partial charge in [-0.25, -0.2) is 0 Å². The summed E-state index contributed by atoms with van der Waals surface area (Å²) in [6, 6.07) is 0.366. The van der Waals surface area contributed by atoms with Gasteiger partial charge < -0.3 is 5.32 Å². The predicted octanol–water partition coefficient (Wildman–Crippen LogP) is 7.53. The van der Waals surface area contributed by atoms with E-state index in [-0.39, 0.29) is 5.91 Å². The molecule has 3 unspecified atom stereocenters. The molecule has 31 heavy (non-hydrogen) atoms. The Morgan fingerprint density at radius 3 is 2.55 bits per heavy atom. The Labute approximate surface area is 192 Å². The van der Waals surface area contributed by atoms with Gasteiger partial charge in [0, 0.05) is 13.0 Å². The Morgan fingerprint density at radius 2 is 1.84 bits per heavy atom. The molecule has 3 fully saturated rings. The second-order valence-corrected chi connectivity index (χ2v) is 12.9. The van der Waals surface area contributed by atoms with E-state index in [0.29, 0.717) is 16.9 Å². The quantitative estimate of drug-likeness (QED) is 0.436. The number of carbonyl (C=O) groups excluding carboxylic acids is 1. The smallest absolute Gasteiger partial charge is 0.217 e. The van der Waals surface area contributed by atoms with Crippen molar-refractivity contribution >= 4 is 5.91 Å². The molecule has 1 N–H and O–H groups in total. The first kappa shape index (κ1) is 23.4. The molecular formula is C29H49NO. The molecule has 0 radical (unpaired) electrons. The summed E-state index contributed by atoms with van der Waals surface area (Å²) in [5.74, 6) is 5.53. The van der Waals surface area contributed by atoms with Gasteiger partial charge in [0.2, 0.25) is 5.91 Å². The van der Waals surface area contributed by atoms with E-state index in [1.54, 1.807) is 12.5 Å². The van der Waals surface area contributed by atoms with Crippen LogP contribution in [-0.2, 0) is 4.79 Å². The monoisotopic (exact) mass is 427 g/mol. The zero-order valence-corrected chi connectivity index (χ0v) is 21.3. The maximum Gasteiger partial charge on any atom is 0.217 e. The fourth-order valence-electron chi connectivity index (χ4n) is 9.10. The molecule has 0 spiro atoms. The van der Waals surface area contributed by atoms with E-state index in [1.807, 2.05) is 0 Å². The molecular weight excluding hydrogens is 378 g/mol. The van der Waals surface area contributed by atoms with Gasteiger partial charge in [0.15, 0.2) is 0 Å². The number of amides is 1. The van der Waals surface area contributed by atoms with Crippen molar-refractivity contribution in [3.05, 3.63) is 11.6 Å². The Kier molecular flexibility index (Phi) is 6.68. The molecule has 2 heteroatoms. The summed E-state index contributed by atoms with van der Waals surface area (Å²) in [6.07, 6.45) is 17.6. The lowest BCUT2D eigenvalue weighted by atomic mass is 9.47. The van der Waals surface area contributed by atoms with Crippen LogP contribution < -0.4 is 5.32 Å². The molecule has 0 aliphatic heterocycles. The third kappa shape index (κ3) is 4.26. The summed E-state index contributed by atoms with van der Waals surface area (Å²) in [5, 5.41) is 3.21. The van der Waals surface area contributed by atoms with Crippen molar-refractivity contribution in [2.45, 2.75) is 118 Å². The zero-order chi connectivity index (χ0) is 22.4. The van der Waals surface area contributed by atoms with Gasteiger partial charge in [0.25, 0.3) is 0 Å². The highest BCUT2D eigenvalue weighted by Gasteiger charge is 2.59. The average Bonchev–Trinajstić information content (AvgIpc) is 3.05. The highest BCUT2D eigenvalue weighted by Crippen LogP contribution is 2.67. The van der Waals surface area contributed by atoms with Crippen molar-refractivity contribution in [3.8, 4) is 0 Å². The van der Waals surface area contributed by atoms with Crippen molar-refractivity contribution in [2.75, 3.05) is 0 Å². The van der Waals surface area contributed by atoms with Crippen molar-refractivity contribution < 1.29 is 4.79 Å². The van der Waals surface area contributed by atoms with Crippen LogP contribution in [0.15, 0.2) is 11.6 Å². The molecule has 2 nitrogen and oxygen atoms in total. The van der Waals surface area contributed by atoms with Crippen LogP contribution in [-0.4, -0.2) is 11.9 Å². The first-order chi connectivity index (χ1) is 14.6. The lowest BCUT2D eigenvalue weighted by Crippen LogP contribution is -2.52. The fourth-order valence-corrected chi connectivity index (χ4v) is 9.10. The summed E-state index contributed by atoms with van der Waals surface area (Å²) in [5.41, 5.74) is 2.65. The van der Waals surface area contributed by atoms with E-state index in [2.05, 4.69) is 46.0 Å². The van der Waals surface area contributed by atoms with Crippen LogP contribution in [0.4, 0.5) is 0 Å². The van der Waals surface area contributed by atoms with Crippen LogP contribution in [0, 0.1) is 46.3 Å². The number of rotatable bonds is 6. The van der Waals surface area contributed by atoms with Crippen molar-refractivity contribution in [1.29, 1.82) is 0 Å².